The average Bonchev–Trinajstić information content (AvgIpc) is 2.47. The van der Waals surface area contributed by atoms with E-state index < -0.39 is 10.0 Å². The minimum atomic E-state index is -3.78. The monoisotopic (exact) mass is 370 g/mol. The van der Waals surface area contributed by atoms with Crippen LogP contribution in [0.5, 0.6) is 0 Å². The van der Waals surface area contributed by atoms with Gasteiger partial charge >= 0.3 is 0 Å². The first kappa shape index (κ1) is 15.7. The van der Waals surface area contributed by atoms with Crippen LogP contribution in [0.15, 0.2) is 46.3 Å². The Labute approximate surface area is 132 Å². The van der Waals surface area contributed by atoms with Gasteiger partial charge in [0.2, 0.25) is 0 Å². The third-order valence-corrected chi connectivity index (χ3v) is 4.56. The molecule has 0 aliphatic rings. The molecule has 0 amide bonds. The van der Waals surface area contributed by atoms with E-state index in [9.17, 15) is 8.42 Å². The van der Waals surface area contributed by atoms with E-state index in [1.165, 1.54) is 18.6 Å². The van der Waals surface area contributed by atoms with Crippen molar-refractivity contribution in [1.29, 1.82) is 0 Å². The maximum absolute atomic E-state index is 12.5. The van der Waals surface area contributed by atoms with Crippen molar-refractivity contribution in [3.8, 4) is 0 Å². The van der Waals surface area contributed by atoms with Gasteiger partial charge in [0.15, 0.2) is 5.03 Å². The zero-order chi connectivity index (χ0) is 15.3. The van der Waals surface area contributed by atoms with Gasteiger partial charge in [-0.2, -0.15) is 8.42 Å². The molecule has 0 bridgehead atoms. The number of pyridine rings is 2. The second-order valence-electron chi connectivity index (χ2n) is 4.24. The summed E-state index contributed by atoms with van der Waals surface area (Å²) in [6.45, 7) is 2.68. The summed E-state index contributed by atoms with van der Waals surface area (Å²) in [4.78, 5) is 7.88. The first-order chi connectivity index (χ1) is 10.0. The lowest BCUT2D eigenvalue weighted by Gasteiger charge is -2.13. The van der Waals surface area contributed by atoms with Gasteiger partial charge in [-0.3, -0.25) is 9.71 Å². The molecule has 0 aromatic carbocycles. The molecular weight excluding hydrogens is 356 g/mol. The molecule has 0 unspecified atom stereocenters. The predicted molar refractivity (Wildman–Crippen MR) is 85.8 cm³/mol. The molecule has 0 fully saturated rings. The molecule has 2 heterocycles. The Balaban J connectivity index is 2.34. The molecule has 0 atom stereocenters. The highest BCUT2D eigenvalue weighted by Crippen LogP contribution is 2.25. The molecular formula is C13H15BrN4O2S. The number of aromatic nitrogens is 2. The highest BCUT2D eigenvalue weighted by Gasteiger charge is 2.21. The Morgan fingerprint density at radius 1 is 1.24 bits per heavy atom. The molecule has 8 heteroatoms. The fourth-order valence-electron chi connectivity index (χ4n) is 1.65. The van der Waals surface area contributed by atoms with E-state index in [4.69, 9.17) is 0 Å². The summed E-state index contributed by atoms with van der Waals surface area (Å²) in [5.74, 6) is 0. The molecule has 0 saturated carbocycles. The Morgan fingerprint density at radius 3 is 2.76 bits per heavy atom. The lowest BCUT2D eigenvalue weighted by molar-refractivity contribution is 0.598. The van der Waals surface area contributed by atoms with Crippen LogP contribution >= 0.6 is 15.9 Å². The zero-order valence-electron chi connectivity index (χ0n) is 11.4. The summed E-state index contributed by atoms with van der Waals surface area (Å²) in [7, 11) is -3.78. The van der Waals surface area contributed by atoms with E-state index >= 15 is 0 Å². The van der Waals surface area contributed by atoms with Crippen molar-refractivity contribution in [2.24, 2.45) is 0 Å². The molecule has 2 aromatic rings. The van der Waals surface area contributed by atoms with Crippen LogP contribution in [-0.4, -0.2) is 24.9 Å². The fraction of sp³-hybridized carbons (Fsp3) is 0.231. The number of rotatable bonds is 6. The third kappa shape index (κ3) is 3.92. The molecule has 0 radical (unpaired) electrons. The largest absolute Gasteiger partial charge is 0.383 e. The van der Waals surface area contributed by atoms with Crippen molar-refractivity contribution in [3.63, 3.8) is 0 Å². The second kappa shape index (κ2) is 6.86. The Bertz CT molecular complexity index is 722. The maximum atomic E-state index is 12.5. The number of hydrogen-bond donors (Lipinski definition) is 2. The van der Waals surface area contributed by atoms with Crippen LogP contribution in [0.25, 0.3) is 0 Å². The van der Waals surface area contributed by atoms with Crippen molar-refractivity contribution < 1.29 is 8.42 Å². The Hall–Kier alpha value is -1.67. The summed E-state index contributed by atoms with van der Waals surface area (Å²) in [6, 6.07) is 4.96. The molecule has 0 saturated heterocycles. The van der Waals surface area contributed by atoms with Crippen molar-refractivity contribution in [2.75, 3.05) is 16.6 Å². The van der Waals surface area contributed by atoms with Gasteiger partial charge < -0.3 is 5.32 Å². The molecule has 112 valence electrons. The van der Waals surface area contributed by atoms with Crippen LogP contribution in [-0.2, 0) is 10.0 Å². The normalized spacial score (nSPS) is 11.1. The second-order valence-corrected chi connectivity index (χ2v) is 6.70. The van der Waals surface area contributed by atoms with Gasteiger partial charge in [-0.25, -0.2) is 4.98 Å². The third-order valence-electron chi connectivity index (χ3n) is 2.61. The molecule has 2 rings (SSSR count). The number of hydrogen-bond acceptors (Lipinski definition) is 5. The van der Waals surface area contributed by atoms with E-state index in [1.54, 1.807) is 18.2 Å². The topological polar surface area (TPSA) is 84.0 Å². The average molecular weight is 371 g/mol. The van der Waals surface area contributed by atoms with E-state index in [0.29, 0.717) is 22.4 Å². The van der Waals surface area contributed by atoms with Crippen molar-refractivity contribution in [2.45, 2.75) is 18.4 Å². The lowest BCUT2D eigenvalue weighted by atomic mass is 10.4. The summed E-state index contributed by atoms with van der Waals surface area (Å²) < 4.78 is 28.0. The zero-order valence-corrected chi connectivity index (χ0v) is 13.8. The molecule has 2 aromatic heterocycles. The highest BCUT2D eigenvalue weighted by molar-refractivity contribution is 9.10. The van der Waals surface area contributed by atoms with Gasteiger partial charge in [0.1, 0.15) is 0 Å². The first-order valence-electron chi connectivity index (χ1n) is 6.36. The molecule has 0 spiro atoms. The first-order valence-corrected chi connectivity index (χ1v) is 8.63. The van der Waals surface area contributed by atoms with Crippen LogP contribution in [0, 0.1) is 0 Å². The molecule has 2 N–H and O–H groups in total. The van der Waals surface area contributed by atoms with Crippen LogP contribution < -0.4 is 10.0 Å². The van der Waals surface area contributed by atoms with E-state index in [2.05, 4.69) is 35.9 Å². The Morgan fingerprint density at radius 2 is 2.05 bits per heavy atom. The highest BCUT2D eigenvalue weighted by atomic mass is 79.9. The van der Waals surface area contributed by atoms with Gasteiger partial charge in [-0.05, 0) is 40.5 Å². The lowest BCUT2D eigenvalue weighted by Crippen LogP contribution is -2.17. The summed E-state index contributed by atoms with van der Waals surface area (Å²) in [5, 5.41) is 3.04. The van der Waals surface area contributed by atoms with Crippen molar-refractivity contribution in [3.05, 3.63) is 41.3 Å². The minimum absolute atomic E-state index is 0.0258. The van der Waals surface area contributed by atoms with Gasteiger partial charge in [-0.15, -0.1) is 0 Å². The summed E-state index contributed by atoms with van der Waals surface area (Å²) in [6.07, 6.45) is 5.37. The predicted octanol–water partition coefficient (Wildman–Crippen LogP) is 2.86. The number of nitrogens with zero attached hydrogens (tertiary/aromatic N) is 2. The van der Waals surface area contributed by atoms with E-state index in [1.807, 2.05) is 6.92 Å². The summed E-state index contributed by atoms with van der Waals surface area (Å²) >= 11 is 3.26. The van der Waals surface area contributed by atoms with Crippen LogP contribution in [0.2, 0.25) is 0 Å². The Kier molecular flexibility index (Phi) is 5.13. The molecule has 0 aliphatic carbocycles. The van der Waals surface area contributed by atoms with Gasteiger partial charge in [-0.1, -0.05) is 6.92 Å². The van der Waals surface area contributed by atoms with E-state index in [0.717, 1.165) is 6.42 Å². The number of sulfonamides is 1. The minimum Gasteiger partial charge on any atom is -0.383 e. The van der Waals surface area contributed by atoms with Gasteiger partial charge in [0.05, 0.1) is 15.8 Å². The SMILES string of the molecule is CCCNc1cccnc1S(=O)(=O)Nc1ccncc1Br. The number of nitrogens with one attached hydrogen (secondary N) is 2. The molecule has 21 heavy (non-hydrogen) atoms. The van der Waals surface area contributed by atoms with Crippen molar-refractivity contribution in [1.82, 2.24) is 9.97 Å². The maximum Gasteiger partial charge on any atom is 0.281 e. The molecule has 0 aliphatic heterocycles. The van der Waals surface area contributed by atoms with Gasteiger partial charge in [0, 0.05) is 25.1 Å². The molecule has 6 nitrogen and oxygen atoms in total. The number of anilines is 2. The number of halogens is 1. The smallest absolute Gasteiger partial charge is 0.281 e. The van der Waals surface area contributed by atoms with Crippen molar-refractivity contribution >= 4 is 37.3 Å². The quantitative estimate of drug-likeness (QED) is 0.816. The standard InChI is InChI=1S/C13H15BrN4O2S/c1-2-6-16-12-4-3-7-17-13(12)21(19,20)18-11-5-8-15-9-10(11)14/h3-5,7-9,16H,2,6H2,1H3,(H,15,18). The van der Waals surface area contributed by atoms with Crippen LogP contribution in [0.1, 0.15) is 13.3 Å². The van der Waals surface area contributed by atoms with Crippen LogP contribution in [0.3, 0.4) is 0 Å². The van der Waals surface area contributed by atoms with E-state index in [-0.39, 0.29) is 5.03 Å². The summed E-state index contributed by atoms with van der Waals surface area (Å²) in [5.41, 5.74) is 0.897. The van der Waals surface area contributed by atoms with Crippen LogP contribution in [0.4, 0.5) is 11.4 Å². The van der Waals surface area contributed by atoms with Gasteiger partial charge in [0.25, 0.3) is 10.0 Å². The fourth-order valence-corrected chi connectivity index (χ4v) is 3.32.